The first-order valence-corrected chi connectivity index (χ1v) is 6.30. The first-order valence-electron chi connectivity index (χ1n) is 6.30. The van der Waals surface area contributed by atoms with Gasteiger partial charge in [-0.2, -0.15) is 0 Å². The molecule has 1 saturated heterocycles. The van der Waals surface area contributed by atoms with Crippen LogP contribution in [0.1, 0.15) is 24.9 Å². The number of rotatable bonds is 5. The molecule has 0 bridgehead atoms. The molecule has 1 aliphatic heterocycles. The molecule has 0 aromatic heterocycles. The van der Waals surface area contributed by atoms with Gasteiger partial charge in [0, 0.05) is 19.1 Å². The van der Waals surface area contributed by atoms with Crippen LogP contribution in [-0.4, -0.2) is 36.2 Å². The van der Waals surface area contributed by atoms with Gasteiger partial charge in [-0.1, -0.05) is 6.07 Å². The first kappa shape index (κ1) is 13.8. The highest BCUT2D eigenvalue weighted by Crippen LogP contribution is 2.31. The third-order valence-electron chi connectivity index (χ3n) is 3.65. The highest BCUT2D eigenvalue weighted by Gasteiger charge is 2.32. The molecule has 4 nitrogen and oxygen atoms in total. The van der Waals surface area contributed by atoms with Crippen molar-refractivity contribution in [3.8, 4) is 5.75 Å². The second-order valence-electron chi connectivity index (χ2n) is 4.99. The van der Waals surface area contributed by atoms with Crippen molar-refractivity contribution in [1.29, 1.82) is 0 Å². The summed E-state index contributed by atoms with van der Waals surface area (Å²) in [5, 5.41) is 8.70. The Morgan fingerprint density at radius 3 is 2.79 bits per heavy atom. The lowest BCUT2D eigenvalue weighted by atomic mass is 9.92. The van der Waals surface area contributed by atoms with E-state index in [1.54, 1.807) is 6.07 Å². The van der Waals surface area contributed by atoms with Crippen LogP contribution in [0.2, 0.25) is 0 Å². The van der Waals surface area contributed by atoms with Gasteiger partial charge in [-0.05, 0) is 30.5 Å². The predicted octanol–water partition coefficient (Wildman–Crippen LogP) is 2.30. The Kier molecular flexibility index (Phi) is 4.04. The number of nitrogens with zero attached hydrogens (tertiary/aromatic N) is 1. The Labute approximate surface area is 111 Å². The summed E-state index contributed by atoms with van der Waals surface area (Å²) in [5.41, 5.74) is 0.882. The maximum atomic E-state index is 13.6. The number of methoxy groups -OCH3 is 1. The van der Waals surface area contributed by atoms with Gasteiger partial charge in [-0.25, -0.2) is 4.39 Å². The zero-order chi connectivity index (χ0) is 14.0. The average molecular weight is 267 g/mol. The van der Waals surface area contributed by atoms with E-state index in [0.29, 0.717) is 0 Å². The number of hydrogen-bond donors (Lipinski definition) is 1. The number of benzene rings is 1. The molecule has 1 atom stereocenters. The summed E-state index contributed by atoms with van der Waals surface area (Å²) in [4.78, 5) is 12.7. The van der Waals surface area contributed by atoms with Gasteiger partial charge in [-0.3, -0.25) is 9.69 Å². The molecule has 0 amide bonds. The SMILES string of the molecule is COc1ccc(C(C)N2CC(CC(=O)O)C2)cc1F. The van der Waals surface area contributed by atoms with Crippen LogP contribution in [0.15, 0.2) is 18.2 Å². The van der Waals surface area contributed by atoms with Crippen molar-refractivity contribution in [2.45, 2.75) is 19.4 Å². The van der Waals surface area contributed by atoms with Crippen LogP contribution >= 0.6 is 0 Å². The quantitative estimate of drug-likeness (QED) is 0.889. The van der Waals surface area contributed by atoms with Gasteiger partial charge < -0.3 is 9.84 Å². The standard InChI is InChI=1S/C14H18FNO3/c1-9(16-7-10(8-16)5-14(17)18)11-3-4-13(19-2)12(15)6-11/h3-4,6,9-10H,5,7-8H2,1-2H3,(H,17,18). The Morgan fingerprint density at radius 2 is 2.26 bits per heavy atom. The first-order chi connectivity index (χ1) is 9.01. The van der Waals surface area contributed by atoms with Crippen LogP contribution in [-0.2, 0) is 4.79 Å². The van der Waals surface area contributed by atoms with E-state index in [1.807, 2.05) is 13.0 Å². The molecule has 0 saturated carbocycles. The molecule has 1 aliphatic rings. The Balaban J connectivity index is 1.96. The zero-order valence-electron chi connectivity index (χ0n) is 11.1. The largest absolute Gasteiger partial charge is 0.494 e. The molecule has 1 unspecified atom stereocenters. The molecule has 1 heterocycles. The predicted molar refractivity (Wildman–Crippen MR) is 68.7 cm³/mol. The van der Waals surface area contributed by atoms with Crippen LogP contribution in [0, 0.1) is 11.7 Å². The minimum Gasteiger partial charge on any atom is -0.494 e. The lowest BCUT2D eigenvalue weighted by Gasteiger charge is -2.42. The van der Waals surface area contributed by atoms with E-state index >= 15 is 0 Å². The summed E-state index contributed by atoms with van der Waals surface area (Å²) >= 11 is 0. The van der Waals surface area contributed by atoms with Crippen LogP contribution in [0.5, 0.6) is 5.75 Å². The summed E-state index contributed by atoms with van der Waals surface area (Å²) in [6, 6.07) is 5.03. The van der Waals surface area contributed by atoms with E-state index in [2.05, 4.69) is 4.90 Å². The molecule has 1 aromatic carbocycles. The Morgan fingerprint density at radius 1 is 1.58 bits per heavy atom. The summed E-state index contributed by atoms with van der Waals surface area (Å²) in [6.07, 6.45) is 0.209. The number of carboxylic acids is 1. The number of ether oxygens (including phenoxy) is 1. The van der Waals surface area contributed by atoms with Crippen LogP contribution in [0.3, 0.4) is 0 Å². The normalized spacial score (nSPS) is 17.8. The van der Waals surface area contributed by atoms with Crippen molar-refractivity contribution < 1.29 is 19.0 Å². The molecule has 1 fully saturated rings. The van der Waals surface area contributed by atoms with Gasteiger partial charge in [0.2, 0.25) is 0 Å². The van der Waals surface area contributed by atoms with Crippen LogP contribution in [0.4, 0.5) is 4.39 Å². The fourth-order valence-corrected chi connectivity index (χ4v) is 2.46. The highest BCUT2D eigenvalue weighted by atomic mass is 19.1. The number of likely N-dealkylation sites (tertiary alicyclic amines) is 1. The summed E-state index contributed by atoms with van der Waals surface area (Å²) in [6.45, 7) is 3.50. The molecule has 5 heteroatoms. The van der Waals surface area contributed by atoms with Gasteiger partial charge in [0.15, 0.2) is 11.6 Å². The third kappa shape index (κ3) is 3.04. The second-order valence-corrected chi connectivity index (χ2v) is 4.99. The lowest BCUT2D eigenvalue weighted by Crippen LogP contribution is -2.48. The van der Waals surface area contributed by atoms with Crippen molar-refractivity contribution in [1.82, 2.24) is 4.90 Å². The second kappa shape index (κ2) is 5.57. The maximum Gasteiger partial charge on any atom is 0.303 e. The fourth-order valence-electron chi connectivity index (χ4n) is 2.46. The van der Waals surface area contributed by atoms with Gasteiger partial charge in [-0.15, -0.1) is 0 Å². The number of halogens is 1. The molecule has 1 N–H and O–H groups in total. The van der Waals surface area contributed by atoms with Gasteiger partial charge >= 0.3 is 5.97 Å². The lowest BCUT2D eigenvalue weighted by molar-refractivity contribution is -0.139. The van der Waals surface area contributed by atoms with Crippen molar-refractivity contribution in [3.63, 3.8) is 0 Å². The third-order valence-corrected chi connectivity index (χ3v) is 3.65. The Hall–Kier alpha value is -1.62. The molecule has 0 aliphatic carbocycles. The van der Waals surface area contributed by atoms with E-state index in [4.69, 9.17) is 9.84 Å². The molecule has 2 rings (SSSR count). The van der Waals surface area contributed by atoms with E-state index in [9.17, 15) is 9.18 Å². The minimum atomic E-state index is -0.757. The summed E-state index contributed by atoms with van der Waals surface area (Å²) in [7, 11) is 1.44. The number of carbonyl (C=O) groups is 1. The minimum absolute atomic E-state index is 0.0884. The number of carboxylic acid groups (broad SMARTS) is 1. The van der Waals surface area contributed by atoms with E-state index in [1.165, 1.54) is 13.2 Å². The molecular formula is C14H18FNO3. The zero-order valence-corrected chi connectivity index (χ0v) is 11.1. The number of aliphatic carboxylic acids is 1. The number of hydrogen-bond acceptors (Lipinski definition) is 3. The van der Waals surface area contributed by atoms with Crippen molar-refractivity contribution in [2.75, 3.05) is 20.2 Å². The van der Waals surface area contributed by atoms with Gasteiger partial charge in [0.25, 0.3) is 0 Å². The smallest absolute Gasteiger partial charge is 0.303 e. The van der Waals surface area contributed by atoms with Crippen LogP contribution < -0.4 is 4.74 Å². The molecule has 104 valence electrons. The van der Waals surface area contributed by atoms with Crippen LogP contribution in [0.25, 0.3) is 0 Å². The average Bonchev–Trinajstić information content (AvgIpc) is 2.32. The molecule has 1 aromatic rings. The molecular weight excluding hydrogens is 249 g/mol. The van der Waals surface area contributed by atoms with Gasteiger partial charge in [0.05, 0.1) is 13.5 Å². The maximum absolute atomic E-state index is 13.6. The Bertz CT molecular complexity index is 472. The summed E-state index contributed by atoms with van der Waals surface area (Å²) in [5.74, 6) is -0.673. The molecule has 0 spiro atoms. The van der Waals surface area contributed by atoms with Crippen molar-refractivity contribution in [3.05, 3.63) is 29.6 Å². The monoisotopic (exact) mass is 267 g/mol. The van der Waals surface area contributed by atoms with Crippen molar-refractivity contribution >= 4 is 5.97 Å². The van der Waals surface area contributed by atoms with Crippen molar-refractivity contribution in [2.24, 2.45) is 5.92 Å². The topological polar surface area (TPSA) is 49.8 Å². The fraction of sp³-hybridized carbons (Fsp3) is 0.500. The molecule has 19 heavy (non-hydrogen) atoms. The summed E-state index contributed by atoms with van der Waals surface area (Å²) < 4.78 is 18.5. The van der Waals surface area contributed by atoms with Gasteiger partial charge in [0.1, 0.15) is 0 Å². The van der Waals surface area contributed by atoms with E-state index in [-0.39, 0.29) is 29.9 Å². The van der Waals surface area contributed by atoms with E-state index < -0.39 is 5.97 Å². The van der Waals surface area contributed by atoms with E-state index in [0.717, 1.165) is 18.7 Å². The highest BCUT2D eigenvalue weighted by molar-refractivity contribution is 5.67. The molecule has 0 radical (unpaired) electrons.